The van der Waals surface area contributed by atoms with Crippen molar-refractivity contribution in [1.82, 2.24) is 0 Å². The van der Waals surface area contributed by atoms with E-state index in [1.54, 1.807) is 36.4 Å². The van der Waals surface area contributed by atoms with Crippen LogP contribution in [-0.4, -0.2) is 64.4 Å². The molecule has 1 heterocycles. The molecule has 8 nitrogen and oxygen atoms in total. The fourth-order valence-electron chi connectivity index (χ4n) is 4.59. The maximum atomic E-state index is 12.7. The van der Waals surface area contributed by atoms with E-state index in [1.165, 1.54) is 0 Å². The summed E-state index contributed by atoms with van der Waals surface area (Å²) in [5, 5.41) is 0. The molecule has 0 radical (unpaired) electrons. The molecule has 0 unspecified atom stereocenters. The van der Waals surface area contributed by atoms with Gasteiger partial charge >= 0.3 is 0 Å². The number of carbonyl (C=O) groups excluding carboxylic acids is 2. The van der Waals surface area contributed by atoms with E-state index in [-0.39, 0.29) is 11.6 Å². The summed E-state index contributed by atoms with van der Waals surface area (Å²) in [4.78, 5) is 25.4. The van der Waals surface area contributed by atoms with Gasteiger partial charge in [0.2, 0.25) is 0 Å². The van der Waals surface area contributed by atoms with Crippen LogP contribution in [0, 0.1) is 0 Å². The Morgan fingerprint density at radius 1 is 0.500 bits per heavy atom. The Hall–Kier alpha value is -3.10. The van der Waals surface area contributed by atoms with Crippen LogP contribution >= 0.6 is 0 Å². The van der Waals surface area contributed by atoms with Crippen molar-refractivity contribution in [2.75, 3.05) is 52.9 Å². The number of Topliss-reactive ketones (excluding diaryl/α,β-unsaturated/α-hetero) is 2. The molecular weight excluding hydrogens is 536 g/mol. The van der Waals surface area contributed by atoms with Crippen LogP contribution in [-0.2, 0) is 9.47 Å². The summed E-state index contributed by atoms with van der Waals surface area (Å²) in [6, 6.07) is 10.7. The molecule has 0 spiro atoms. The topological polar surface area (TPSA) is 89.5 Å². The van der Waals surface area contributed by atoms with Gasteiger partial charge in [0.15, 0.2) is 34.6 Å². The molecule has 1 aliphatic heterocycles. The highest BCUT2D eigenvalue weighted by Gasteiger charge is 2.14. The smallest absolute Gasteiger partial charge is 0.163 e. The van der Waals surface area contributed by atoms with Crippen LogP contribution in [0.3, 0.4) is 0 Å². The lowest BCUT2D eigenvalue weighted by Crippen LogP contribution is -2.16. The zero-order valence-corrected chi connectivity index (χ0v) is 25.5. The highest BCUT2D eigenvalue weighted by Crippen LogP contribution is 2.31. The Labute approximate surface area is 251 Å². The van der Waals surface area contributed by atoms with E-state index in [2.05, 4.69) is 13.8 Å². The van der Waals surface area contributed by atoms with Crippen molar-refractivity contribution in [3.63, 3.8) is 0 Å². The van der Waals surface area contributed by atoms with Crippen molar-refractivity contribution < 1.29 is 38.0 Å². The van der Waals surface area contributed by atoms with E-state index in [4.69, 9.17) is 28.4 Å². The summed E-state index contributed by atoms with van der Waals surface area (Å²) in [6.45, 7) is 6.92. The van der Waals surface area contributed by atoms with Gasteiger partial charge in [0.1, 0.15) is 26.4 Å². The Balaban J connectivity index is 1.57. The summed E-state index contributed by atoms with van der Waals surface area (Å²) in [6.07, 6.45) is 9.51. The van der Waals surface area contributed by atoms with Gasteiger partial charge in [0.25, 0.3) is 0 Å². The van der Waals surface area contributed by atoms with Crippen molar-refractivity contribution in [2.24, 2.45) is 0 Å². The highest BCUT2D eigenvalue weighted by atomic mass is 16.6. The maximum Gasteiger partial charge on any atom is 0.163 e. The van der Waals surface area contributed by atoms with Gasteiger partial charge in [-0.3, -0.25) is 9.59 Å². The van der Waals surface area contributed by atoms with Crippen LogP contribution in [0.25, 0.3) is 0 Å². The third-order valence-corrected chi connectivity index (χ3v) is 6.99. The summed E-state index contributed by atoms with van der Waals surface area (Å²) >= 11 is 0. The number of unbranched alkanes of at least 4 members (excludes halogenated alkanes) is 6. The van der Waals surface area contributed by atoms with Crippen molar-refractivity contribution in [1.29, 1.82) is 0 Å². The SMILES string of the molecule is CCCCCCC(=O)c1ccc2c(c1)OCCOCCOc1ccc(C(=O)CCCCCC)cc1OCCOCCO2. The van der Waals surface area contributed by atoms with E-state index >= 15 is 0 Å². The lowest BCUT2D eigenvalue weighted by Gasteiger charge is -2.16. The number of benzene rings is 2. The van der Waals surface area contributed by atoms with Gasteiger partial charge in [-0.25, -0.2) is 0 Å². The average molecular weight is 585 g/mol. The summed E-state index contributed by atoms with van der Waals surface area (Å²) in [7, 11) is 0. The van der Waals surface area contributed by atoms with Crippen LogP contribution in [0.4, 0.5) is 0 Å². The van der Waals surface area contributed by atoms with E-state index in [1.807, 2.05) is 0 Å². The van der Waals surface area contributed by atoms with Crippen molar-refractivity contribution >= 4 is 11.6 Å². The molecule has 232 valence electrons. The number of rotatable bonds is 12. The van der Waals surface area contributed by atoms with E-state index < -0.39 is 0 Å². The first-order valence-electron chi connectivity index (χ1n) is 15.6. The molecule has 0 amide bonds. The van der Waals surface area contributed by atoms with E-state index in [0.29, 0.717) is 99.8 Å². The van der Waals surface area contributed by atoms with Crippen molar-refractivity contribution in [3.8, 4) is 23.0 Å². The van der Waals surface area contributed by atoms with Gasteiger partial charge in [0, 0.05) is 24.0 Å². The van der Waals surface area contributed by atoms with Crippen molar-refractivity contribution in [2.45, 2.75) is 78.1 Å². The van der Waals surface area contributed by atoms with Crippen LogP contribution in [0.15, 0.2) is 36.4 Å². The number of hydrogen-bond donors (Lipinski definition) is 0. The second kappa shape index (κ2) is 19.9. The Morgan fingerprint density at radius 2 is 0.881 bits per heavy atom. The molecule has 0 N–H and O–H groups in total. The molecule has 1 aliphatic rings. The lowest BCUT2D eigenvalue weighted by atomic mass is 10.0. The van der Waals surface area contributed by atoms with Gasteiger partial charge in [-0.2, -0.15) is 0 Å². The van der Waals surface area contributed by atoms with Crippen LogP contribution in [0.5, 0.6) is 23.0 Å². The highest BCUT2D eigenvalue weighted by molar-refractivity contribution is 5.97. The fraction of sp³-hybridized carbons (Fsp3) is 0.588. The molecule has 0 atom stereocenters. The number of ether oxygens (including phenoxy) is 6. The molecule has 3 rings (SSSR count). The molecule has 2 aromatic carbocycles. The Bertz CT molecular complexity index is 998. The largest absolute Gasteiger partial charge is 0.487 e. The van der Waals surface area contributed by atoms with Crippen LogP contribution in [0.2, 0.25) is 0 Å². The zero-order chi connectivity index (χ0) is 29.8. The first-order chi connectivity index (χ1) is 20.6. The first-order valence-corrected chi connectivity index (χ1v) is 15.6. The molecule has 0 aliphatic carbocycles. The minimum absolute atomic E-state index is 0.109. The molecule has 2 aromatic rings. The summed E-state index contributed by atoms with van der Waals surface area (Å²) in [5.41, 5.74) is 1.25. The molecular formula is C34H48O8. The minimum atomic E-state index is 0.109. The second-order valence-corrected chi connectivity index (χ2v) is 10.4. The van der Waals surface area contributed by atoms with Gasteiger partial charge in [0.05, 0.1) is 26.4 Å². The standard InChI is InChI=1S/C34H48O8/c1-3-5-7-9-11-29(35)27-13-15-31-33(25-27)41-23-19-37-18-22-40-32-16-14-28(30(36)12-10-8-6-4-2)26-34(32)42-24-20-38-17-21-39-31/h13-16,25-26H,3-12,17-24H2,1-2H3. The predicted octanol–water partition coefficient (Wildman–Crippen LogP) is 7.26. The quantitative estimate of drug-likeness (QED) is 0.190. The third-order valence-electron chi connectivity index (χ3n) is 6.99. The normalized spacial score (nSPS) is 14.9. The Kier molecular flexibility index (Phi) is 15.8. The molecule has 0 fully saturated rings. The third kappa shape index (κ3) is 12.0. The maximum absolute atomic E-state index is 12.7. The molecule has 0 aromatic heterocycles. The van der Waals surface area contributed by atoms with Crippen LogP contribution in [0.1, 0.15) is 98.8 Å². The summed E-state index contributed by atoms with van der Waals surface area (Å²) in [5.74, 6) is 2.37. The van der Waals surface area contributed by atoms with E-state index in [9.17, 15) is 9.59 Å². The predicted molar refractivity (Wildman–Crippen MR) is 163 cm³/mol. The molecule has 0 saturated heterocycles. The summed E-state index contributed by atoms with van der Waals surface area (Å²) < 4.78 is 35.2. The molecule has 8 heteroatoms. The first kappa shape index (κ1) is 33.4. The fourth-order valence-corrected chi connectivity index (χ4v) is 4.59. The lowest BCUT2D eigenvalue weighted by molar-refractivity contribution is 0.0639. The minimum Gasteiger partial charge on any atom is -0.487 e. The van der Waals surface area contributed by atoms with Crippen LogP contribution < -0.4 is 18.9 Å². The van der Waals surface area contributed by atoms with Gasteiger partial charge in [-0.05, 0) is 49.2 Å². The van der Waals surface area contributed by atoms with E-state index in [0.717, 1.165) is 51.4 Å². The number of carbonyl (C=O) groups is 2. The number of ketones is 2. The van der Waals surface area contributed by atoms with Crippen molar-refractivity contribution in [3.05, 3.63) is 47.5 Å². The molecule has 0 bridgehead atoms. The van der Waals surface area contributed by atoms with Gasteiger partial charge < -0.3 is 28.4 Å². The molecule has 42 heavy (non-hydrogen) atoms. The van der Waals surface area contributed by atoms with Gasteiger partial charge in [-0.1, -0.05) is 52.4 Å². The molecule has 0 saturated carbocycles. The monoisotopic (exact) mass is 584 g/mol. The Morgan fingerprint density at radius 3 is 1.26 bits per heavy atom. The zero-order valence-electron chi connectivity index (χ0n) is 25.5. The number of hydrogen-bond acceptors (Lipinski definition) is 8. The van der Waals surface area contributed by atoms with Gasteiger partial charge in [-0.15, -0.1) is 0 Å². The average Bonchev–Trinajstić information content (AvgIpc) is 3.00. The number of fused-ring (bicyclic) bond motifs is 2. The second-order valence-electron chi connectivity index (χ2n) is 10.4.